The molecule has 1 heterocycles. The summed E-state index contributed by atoms with van der Waals surface area (Å²) in [4.78, 5) is 4.13. The monoisotopic (exact) mass is 260 g/mol. The minimum absolute atomic E-state index is 0.0516. The summed E-state index contributed by atoms with van der Waals surface area (Å²) in [5, 5.41) is 3.16. The molecule has 0 aliphatic rings. The van der Waals surface area contributed by atoms with Gasteiger partial charge in [-0.3, -0.25) is 4.98 Å². The van der Waals surface area contributed by atoms with Crippen LogP contribution in [0.1, 0.15) is 43.5 Å². The van der Waals surface area contributed by atoms with Crippen LogP contribution in [0.5, 0.6) is 0 Å². The number of halogens is 3. The third-order valence-corrected chi connectivity index (χ3v) is 2.78. The Morgan fingerprint density at radius 3 is 2.67 bits per heavy atom. The molecule has 0 saturated carbocycles. The first-order valence-corrected chi connectivity index (χ1v) is 6.15. The Kier molecular flexibility index (Phi) is 5.59. The van der Waals surface area contributed by atoms with Gasteiger partial charge in [-0.25, -0.2) is 0 Å². The van der Waals surface area contributed by atoms with E-state index in [1.807, 2.05) is 19.9 Å². The molecule has 18 heavy (non-hydrogen) atoms. The predicted octanol–water partition coefficient (Wildman–Crippen LogP) is 3.77. The normalized spacial score (nSPS) is 13.6. The lowest BCUT2D eigenvalue weighted by molar-refractivity contribution is -0.136. The molecular formula is C13H19F3N2. The zero-order chi connectivity index (χ0) is 13.6. The van der Waals surface area contributed by atoms with Gasteiger partial charge in [-0.05, 0) is 37.9 Å². The molecule has 0 aromatic carbocycles. The lowest BCUT2D eigenvalue weighted by Gasteiger charge is -2.21. The van der Waals surface area contributed by atoms with Crippen LogP contribution in [0.3, 0.4) is 0 Å². The first-order chi connectivity index (χ1) is 8.44. The van der Waals surface area contributed by atoms with Gasteiger partial charge in [0.1, 0.15) is 0 Å². The highest BCUT2D eigenvalue weighted by atomic mass is 19.4. The van der Waals surface area contributed by atoms with E-state index >= 15 is 0 Å². The van der Waals surface area contributed by atoms with Crippen molar-refractivity contribution in [1.29, 1.82) is 0 Å². The van der Waals surface area contributed by atoms with Crippen LogP contribution >= 0.6 is 0 Å². The maximum atomic E-state index is 12.3. The molecule has 0 spiro atoms. The van der Waals surface area contributed by atoms with Crippen molar-refractivity contribution in [3.8, 4) is 0 Å². The fourth-order valence-electron chi connectivity index (χ4n) is 1.86. The summed E-state index contributed by atoms with van der Waals surface area (Å²) in [5.41, 5.74) is 1.64. The van der Waals surface area contributed by atoms with Gasteiger partial charge in [0.15, 0.2) is 0 Å². The quantitative estimate of drug-likeness (QED) is 0.842. The molecule has 1 unspecified atom stereocenters. The second-order valence-corrected chi connectivity index (χ2v) is 4.34. The summed E-state index contributed by atoms with van der Waals surface area (Å²) < 4.78 is 36.9. The lowest BCUT2D eigenvalue weighted by Crippen LogP contribution is -2.25. The third-order valence-electron chi connectivity index (χ3n) is 2.78. The fraction of sp³-hybridized carbons (Fsp3) is 0.615. The van der Waals surface area contributed by atoms with Gasteiger partial charge in [0.2, 0.25) is 0 Å². The largest absolute Gasteiger partial charge is 0.389 e. The van der Waals surface area contributed by atoms with Crippen LogP contribution in [0.2, 0.25) is 0 Å². The van der Waals surface area contributed by atoms with E-state index in [0.29, 0.717) is 6.54 Å². The van der Waals surface area contributed by atoms with Gasteiger partial charge in [-0.15, -0.1) is 0 Å². The number of hydrogen-bond acceptors (Lipinski definition) is 2. The van der Waals surface area contributed by atoms with Gasteiger partial charge in [-0.2, -0.15) is 13.2 Å². The van der Waals surface area contributed by atoms with Crippen molar-refractivity contribution in [2.24, 2.45) is 0 Å². The Balaban J connectivity index is 2.75. The standard InChI is InChI=1S/C13H19F3N2/c1-3-8-18-12(6-7-13(14,15)16)11-5-4-9-17-10(11)2/h4-5,9,12,18H,3,6-8H2,1-2H3. The van der Waals surface area contributed by atoms with Crippen molar-refractivity contribution in [2.75, 3.05) is 6.54 Å². The topological polar surface area (TPSA) is 24.9 Å². The zero-order valence-electron chi connectivity index (χ0n) is 10.7. The Bertz CT molecular complexity index is 363. The van der Waals surface area contributed by atoms with Gasteiger partial charge >= 0.3 is 6.18 Å². The molecule has 5 heteroatoms. The average molecular weight is 260 g/mol. The van der Waals surface area contributed by atoms with Gasteiger partial charge in [-0.1, -0.05) is 13.0 Å². The summed E-state index contributed by atoms with van der Waals surface area (Å²) in [6, 6.07) is 3.32. The molecule has 2 nitrogen and oxygen atoms in total. The summed E-state index contributed by atoms with van der Waals surface area (Å²) in [5.74, 6) is 0. The Morgan fingerprint density at radius 1 is 1.39 bits per heavy atom. The molecule has 1 atom stereocenters. The van der Waals surface area contributed by atoms with E-state index < -0.39 is 12.6 Å². The first-order valence-electron chi connectivity index (χ1n) is 6.15. The highest BCUT2D eigenvalue weighted by Crippen LogP contribution is 2.28. The average Bonchev–Trinajstić information content (AvgIpc) is 2.29. The van der Waals surface area contributed by atoms with Crippen LogP contribution in [0.4, 0.5) is 13.2 Å². The van der Waals surface area contributed by atoms with E-state index in [9.17, 15) is 13.2 Å². The molecule has 102 valence electrons. The molecule has 0 amide bonds. The zero-order valence-corrected chi connectivity index (χ0v) is 10.7. The maximum absolute atomic E-state index is 12.3. The summed E-state index contributed by atoms with van der Waals surface area (Å²) in [6.07, 6.45) is -2.29. The summed E-state index contributed by atoms with van der Waals surface area (Å²) in [7, 11) is 0. The fourth-order valence-corrected chi connectivity index (χ4v) is 1.86. The van der Waals surface area contributed by atoms with Crippen molar-refractivity contribution in [2.45, 2.75) is 45.3 Å². The number of hydrogen-bond donors (Lipinski definition) is 1. The number of nitrogens with one attached hydrogen (secondary N) is 1. The van der Waals surface area contributed by atoms with Crippen LogP contribution in [0.15, 0.2) is 18.3 Å². The minimum atomic E-state index is -4.11. The SMILES string of the molecule is CCCNC(CCC(F)(F)F)c1cccnc1C. The highest BCUT2D eigenvalue weighted by molar-refractivity contribution is 5.22. The summed E-state index contributed by atoms with van der Waals surface area (Å²) in [6.45, 7) is 4.52. The van der Waals surface area contributed by atoms with Crippen LogP contribution in [-0.4, -0.2) is 17.7 Å². The van der Waals surface area contributed by atoms with Gasteiger partial charge in [0.05, 0.1) is 0 Å². The van der Waals surface area contributed by atoms with Gasteiger partial charge in [0.25, 0.3) is 0 Å². The van der Waals surface area contributed by atoms with Crippen molar-refractivity contribution in [3.63, 3.8) is 0 Å². The number of rotatable bonds is 6. The number of alkyl halides is 3. The summed E-state index contributed by atoms with van der Waals surface area (Å²) >= 11 is 0. The van der Waals surface area contributed by atoms with Crippen molar-refractivity contribution >= 4 is 0 Å². The molecule has 0 aliphatic carbocycles. The molecule has 1 rings (SSSR count). The van der Waals surface area contributed by atoms with Crippen LogP contribution < -0.4 is 5.32 Å². The van der Waals surface area contributed by atoms with E-state index in [4.69, 9.17) is 0 Å². The van der Waals surface area contributed by atoms with Crippen LogP contribution in [0, 0.1) is 6.92 Å². The van der Waals surface area contributed by atoms with Crippen molar-refractivity contribution < 1.29 is 13.2 Å². The van der Waals surface area contributed by atoms with Crippen LogP contribution in [0.25, 0.3) is 0 Å². The Hall–Kier alpha value is -1.10. The van der Waals surface area contributed by atoms with Crippen molar-refractivity contribution in [1.82, 2.24) is 10.3 Å². The Labute approximate surface area is 106 Å². The minimum Gasteiger partial charge on any atom is -0.310 e. The van der Waals surface area contributed by atoms with Gasteiger partial charge < -0.3 is 5.32 Å². The molecule has 1 aromatic rings. The van der Waals surface area contributed by atoms with Gasteiger partial charge in [0, 0.05) is 24.4 Å². The van der Waals surface area contributed by atoms with E-state index in [1.165, 1.54) is 0 Å². The molecule has 0 bridgehead atoms. The third kappa shape index (κ3) is 5.04. The number of pyridine rings is 1. The molecular weight excluding hydrogens is 241 g/mol. The van der Waals surface area contributed by atoms with E-state index in [0.717, 1.165) is 17.7 Å². The number of nitrogens with zero attached hydrogens (tertiary/aromatic N) is 1. The second kappa shape index (κ2) is 6.73. The molecule has 0 radical (unpaired) electrons. The molecule has 1 N–H and O–H groups in total. The predicted molar refractivity (Wildman–Crippen MR) is 65.3 cm³/mol. The van der Waals surface area contributed by atoms with Crippen molar-refractivity contribution in [3.05, 3.63) is 29.6 Å². The Morgan fingerprint density at radius 2 is 2.11 bits per heavy atom. The molecule has 0 fully saturated rings. The van der Waals surface area contributed by atoms with E-state index in [1.54, 1.807) is 12.3 Å². The van der Waals surface area contributed by atoms with E-state index in [2.05, 4.69) is 10.3 Å². The number of aryl methyl sites for hydroxylation is 1. The molecule has 0 aliphatic heterocycles. The second-order valence-electron chi connectivity index (χ2n) is 4.34. The highest BCUT2D eigenvalue weighted by Gasteiger charge is 2.29. The first kappa shape index (κ1) is 15.0. The lowest BCUT2D eigenvalue weighted by atomic mass is 10.0. The number of aromatic nitrogens is 1. The maximum Gasteiger partial charge on any atom is 0.389 e. The van der Waals surface area contributed by atoms with Crippen LogP contribution in [-0.2, 0) is 0 Å². The molecule has 0 saturated heterocycles. The smallest absolute Gasteiger partial charge is 0.310 e. The van der Waals surface area contributed by atoms with E-state index in [-0.39, 0.29) is 12.5 Å². The molecule has 1 aromatic heterocycles.